The highest BCUT2D eigenvalue weighted by Crippen LogP contribution is 2.13. The molecule has 0 aliphatic heterocycles. The van der Waals surface area contributed by atoms with Crippen LogP contribution in [0.5, 0.6) is 0 Å². The van der Waals surface area contributed by atoms with Crippen molar-refractivity contribution in [3.8, 4) is 0 Å². The van der Waals surface area contributed by atoms with Crippen LogP contribution in [0.15, 0.2) is 96.2 Å². The maximum atomic E-state index is 12.6. The van der Waals surface area contributed by atoms with Gasteiger partial charge in [0, 0.05) is 36.8 Å². The lowest BCUT2D eigenvalue weighted by molar-refractivity contribution is 0.0950. The highest BCUT2D eigenvalue weighted by atomic mass is 16.1. The van der Waals surface area contributed by atoms with Crippen LogP contribution in [0.3, 0.4) is 0 Å². The van der Waals surface area contributed by atoms with Gasteiger partial charge in [-0.3, -0.25) is 20.0 Å². The van der Waals surface area contributed by atoms with Gasteiger partial charge in [0.2, 0.25) is 0 Å². The van der Waals surface area contributed by atoms with Gasteiger partial charge in [-0.05, 0) is 40.8 Å². The number of rotatable bonds is 8. The van der Waals surface area contributed by atoms with Crippen molar-refractivity contribution in [2.75, 3.05) is 0 Å². The molecular weight excluding hydrogens is 426 g/mol. The molecule has 4 rings (SSSR count). The summed E-state index contributed by atoms with van der Waals surface area (Å²) < 4.78 is 1.67. The van der Waals surface area contributed by atoms with Crippen LogP contribution in [0.25, 0.3) is 0 Å². The van der Waals surface area contributed by atoms with Crippen molar-refractivity contribution < 1.29 is 4.79 Å². The number of benzene rings is 2. The molecule has 7 heteroatoms. The Hall–Kier alpha value is -4.52. The zero-order chi connectivity index (χ0) is 23.9. The van der Waals surface area contributed by atoms with E-state index in [-0.39, 0.29) is 17.3 Å². The third-order valence-electron chi connectivity index (χ3n) is 5.46. The van der Waals surface area contributed by atoms with Crippen molar-refractivity contribution in [3.05, 3.63) is 135 Å². The molecule has 4 N–H and O–H groups in total. The number of nitrogen functional groups attached to an aromatic ring is 1. The molecule has 2 aromatic heterocycles. The van der Waals surface area contributed by atoms with Crippen LogP contribution in [0.1, 0.15) is 38.2 Å². The summed E-state index contributed by atoms with van der Waals surface area (Å²) in [6, 6.07) is 22.2. The summed E-state index contributed by atoms with van der Waals surface area (Å²) in [5, 5.41) is 10.3. The van der Waals surface area contributed by atoms with Gasteiger partial charge in [-0.15, -0.1) is 0 Å². The van der Waals surface area contributed by atoms with E-state index in [4.69, 9.17) is 11.1 Å². The molecule has 0 spiro atoms. The fraction of sp³-hybridized carbons (Fsp3) is 0.111. The van der Waals surface area contributed by atoms with Crippen molar-refractivity contribution in [1.82, 2.24) is 14.9 Å². The Labute approximate surface area is 197 Å². The minimum atomic E-state index is -0.200. The molecule has 7 nitrogen and oxygen atoms in total. The monoisotopic (exact) mass is 451 g/mol. The van der Waals surface area contributed by atoms with Crippen molar-refractivity contribution in [1.29, 1.82) is 5.41 Å². The van der Waals surface area contributed by atoms with Crippen LogP contribution in [-0.4, -0.2) is 21.3 Å². The lowest BCUT2D eigenvalue weighted by atomic mass is 10.0. The standard InChI is InChI=1S/C27H25N5O2/c28-26(29)23-10-8-20(9-11-23)16-31-27(34)24-14-22(15-30-17-24)13-19-4-6-21(7-5-19)18-32-12-2-1-3-25(32)33/h1-12,14-15,17H,13,16,18H2,(H3,28,29)(H,31,34). The van der Waals surface area contributed by atoms with Crippen LogP contribution in [0.2, 0.25) is 0 Å². The third kappa shape index (κ3) is 5.83. The first-order valence-electron chi connectivity index (χ1n) is 10.9. The number of carbonyl (C=O) groups is 1. The van der Waals surface area contributed by atoms with E-state index in [1.54, 1.807) is 47.4 Å². The molecular formula is C27H25N5O2. The lowest BCUT2D eigenvalue weighted by Crippen LogP contribution is -2.23. The number of carbonyl (C=O) groups excluding carboxylic acids is 1. The minimum absolute atomic E-state index is 0.0137. The van der Waals surface area contributed by atoms with E-state index >= 15 is 0 Å². The second-order valence-electron chi connectivity index (χ2n) is 8.04. The molecule has 0 aliphatic carbocycles. The molecule has 2 aromatic carbocycles. The van der Waals surface area contributed by atoms with Crippen LogP contribution < -0.4 is 16.6 Å². The van der Waals surface area contributed by atoms with Gasteiger partial charge in [0.15, 0.2) is 0 Å². The van der Waals surface area contributed by atoms with Gasteiger partial charge in [-0.1, -0.05) is 54.6 Å². The van der Waals surface area contributed by atoms with E-state index in [1.807, 2.05) is 48.5 Å². The summed E-state index contributed by atoms with van der Waals surface area (Å²) in [5.74, 6) is -0.187. The Bertz CT molecular complexity index is 1360. The quantitative estimate of drug-likeness (QED) is 0.282. The molecule has 0 saturated heterocycles. The predicted octanol–water partition coefficient (Wildman–Crippen LogP) is 3.10. The van der Waals surface area contributed by atoms with Crippen molar-refractivity contribution in [3.63, 3.8) is 0 Å². The summed E-state index contributed by atoms with van der Waals surface area (Å²) in [7, 11) is 0. The van der Waals surface area contributed by atoms with Gasteiger partial charge in [0.05, 0.1) is 12.1 Å². The van der Waals surface area contributed by atoms with Gasteiger partial charge >= 0.3 is 0 Å². The largest absolute Gasteiger partial charge is 0.384 e. The van der Waals surface area contributed by atoms with Crippen LogP contribution in [-0.2, 0) is 19.5 Å². The van der Waals surface area contributed by atoms with E-state index in [9.17, 15) is 9.59 Å². The highest BCUT2D eigenvalue weighted by molar-refractivity contribution is 5.95. The van der Waals surface area contributed by atoms with Crippen molar-refractivity contribution in [2.24, 2.45) is 5.73 Å². The summed E-state index contributed by atoms with van der Waals surface area (Å²) in [6.07, 6.45) is 5.74. The average Bonchev–Trinajstić information content (AvgIpc) is 2.85. The molecule has 1 amide bonds. The normalized spacial score (nSPS) is 10.6. The number of nitrogens with zero attached hydrogens (tertiary/aromatic N) is 2. The number of nitrogens with two attached hydrogens (primary N) is 1. The van der Waals surface area contributed by atoms with E-state index in [0.717, 1.165) is 22.3 Å². The summed E-state index contributed by atoms with van der Waals surface area (Å²) in [4.78, 5) is 28.7. The summed E-state index contributed by atoms with van der Waals surface area (Å²) in [6.45, 7) is 0.891. The molecule has 0 radical (unpaired) electrons. The van der Waals surface area contributed by atoms with Gasteiger partial charge in [0.1, 0.15) is 5.84 Å². The Morgan fingerprint density at radius 3 is 2.29 bits per heavy atom. The average molecular weight is 452 g/mol. The van der Waals surface area contributed by atoms with Gasteiger partial charge in [0.25, 0.3) is 11.5 Å². The Kier molecular flexibility index (Phi) is 6.93. The Morgan fingerprint density at radius 1 is 0.882 bits per heavy atom. The number of hydrogen-bond donors (Lipinski definition) is 3. The number of pyridine rings is 2. The summed E-state index contributed by atoms with van der Waals surface area (Å²) >= 11 is 0. The first-order valence-corrected chi connectivity index (χ1v) is 10.9. The lowest BCUT2D eigenvalue weighted by Gasteiger charge is -2.09. The number of nitrogens with one attached hydrogen (secondary N) is 2. The molecule has 34 heavy (non-hydrogen) atoms. The van der Waals surface area contributed by atoms with Gasteiger partial charge < -0.3 is 15.6 Å². The highest BCUT2D eigenvalue weighted by Gasteiger charge is 2.08. The fourth-order valence-corrected chi connectivity index (χ4v) is 3.58. The zero-order valence-corrected chi connectivity index (χ0v) is 18.6. The predicted molar refractivity (Wildman–Crippen MR) is 132 cm³/mol. The summed E-state index contributed by atoms with van der Waals surface area (Å²) in [5.41, 5.74) is 10.6. The fourth-order valence-electron chi connectivity index (χ4n) is 3.58. The van der Waals surface area contributed by atoms with E-state index in [2.05, 4.69) is 10.3 Å². The molecule has 2 heterocycles. The second-order valence-corrected chi connectivity index (χ2v) is 8.04. The molecule has 4 aromatic rings. The molecule has 0 unspecified atom stereocenters. The van der Waals surface area contributed by atoms with E-state index < -0.39 is 0 Å². The Balaban J connectivity index is 1.36. The van der Waals surface area contributed by atoms with E-state index in [1.165, 1.54) is 0 Å². The maximum absolute atomic E-state index is 12.6. The zero-order valence-electron chi connectivity index (χ0n) is 18.6. The van der Waals surface area contributed by atoms with Gasteiger partial charge in [-0.2, -0.15) is 0 Å². The first kappa shape index (κ1) is 22.7. The van der Waals surface area contributed by atoms with Gasteiger partial charge in [-0.25, -0.2) is 0 Å². The smallest absolute Gasteiger partial charge is 0.253 e. The Morgan fingerprint density at radius 2 is 1.59 bits per heavy atom. The van der Waals surface area contributed by atoms with Crippen LogP contribution >= 0.6 is 0 Å². The number of aromatic nitrogens is 2. The molecule has 0 aliphatic rings. The maximum Gasteiger partial charge on any atom is 0.253 e. The number of amides is 1. The second kappa shape index (κ2) is 10.4. The molecule has 0 bridgehead atoms. The van der Waals surface area contributed by atoms with Crippen LogP contribution in [0.4, 0.5) is 0 Å². The molecule has 0 atom stereocenters. The number of hydrogen-bond acceptors (Lipinski definition) is 4. The molecule has 0 fully saturated rings. The minimum Gasteiger partial charge on any atom is -0.384 e. The molecule has 170 valence electrons. The van der Waals surface area contributed by atoms with E-state index in [0.29, 0.717) is 30.6 Å². The topological polar surface area (TPSA) is 114 Å². The molecule has 0 saturated carbocycles. The van der Waals surface area contributed by atoms with Crippen molar-refractivity contribution in [2.45, 2.75) is 19.5 Å². The SMILES string of the molecule is N=C(N)c1ccc(CNC(=O)c2cncc(Cc3ccc(Cn4ccccc4=O)cc3)c2)cc1. The third-order valence-corrected chi connectivity index (χ3v) is 5.46. The first-order chi connectivity index (χ1) is 16.5. The number of amidine groups is 1. The van der Waals surface area contributed by atoms with Crippen molar-refractivity contribution >= 4 is 11.7 Å². The van der Waals surface area contributed by atoms with Crippen LogP contribution in [0, 0.1) is 5.41 Å².